The molecule has 3 rings (SSSR count). The lowest BCUT2D eigenvalue weighted by Gasteiger charge is -2.21. The van der Waals surface area contributed by atoms with Gasteiger partial charge in [0.15, 0.2) is 11.5 Å². The van der Waals surface area contributed by atoms with Gasteiger partial charge in [0.2, 0.25) is 0 Å². The Kier molecular flexibility index (Phi) is 5.81. The Labute approximate surface area is 174 Å². The molecular formula is C21H23N3O6. The van der Waals surface area contributed by atoms with Gasteiger partial charge in [0, 0.05) is 11.6 Å². The van der Waals surface area contributed by atoms with E-state index in [1.165, 1.54) is 27.5 Å². The van der Waals surface area contributed by atoms with Crippen molar-refractivity contribution in [2.24, 2.45) is 5.10 Å². The molecule has 0 aliphatic carbocycles. The van der Waals surface area contributed by atoms with Gasteiger partial charge in [-0.05, 0) is 30.7 Å². The Morgan fingerprint density at radius 3 is 2.07 bits per heavy atom. The zero-order valence-corrected chi connectivity index (χ0v) is 17.4. The highest BCUT2D eigenvalue weighted by atomic mass is 16.5. The molecule has 1 atom stereocenters. The predicted octanol–water partition coefficient (Wildman–Crippen LogP) is 2.52. The van der Waals surface area contributed by atoms with Crippen LogP contribution in [-0.4, -0.2) is 51.6 Å². The summed E-state index contributed by atoms with van der Waals surface area (Å²) in [5.41, 5.74) is -0.126. The first-order valence-electron chi connectivity index (χ1n) is 9.03. The van der Waals surface area contributed by atoms with Crippen LogP contribution in [0.15, 0.2) is 41.5 Å². The summed E-state index contributed by atoms with van der Waals surface area (Å²) in [6, 6.07) is 9.54. The number of nitrogens with one attached hydrogen (secondary N) is 1. The van der Waals surface area contributed by atoms with Crippen molar-refractivity contribution in [1.29, 1.82) is 0 Å². The number of hydrogen-bond donors (Lipinski definition) is 1. The first kappa shape index (κ1) is 21.0. The number of carbonyl (C=O) groups is 2. The fourth-order valence-corrected chi connectivity index (χ4v) is 3.12. The molecule has 2 aromatic carbocycles. The molecule has 0 radical (unpaired) electrons. The number of carbonyl (C=O) groups excluding carboxylic acids is 2. The van der Waals surface area contributed by atoms with E-state index < -0.39 is 17.5 Å². The van der Waals surface area contributed by atoms with Gasteiger partial charge >= 0.3 is 6.03 Å². The van der Waals surface area contributed by atoms with Crippen LogP contribution in [0.4, 0.5) is 4.79 Å². The number of amides is 3. The summed E-state index contributed by atoms with van der Waals surface area (Å²) in [5.74, 6) is 1.53. The van der Waals surface area contributed by atoms with Crippen LogP contribution in [0, 0.1) is 0 Å². The molecule has 0 saturated carbocycles. The normalized spacial score (nSPS) is 18.5. The number of urea groups is 1. The van der Waals surface area contributed by atoms with Crippen LogP contribution in [0.5, 0.6) is 23.0 Å². The maximum absolute atomic E-state index is 13.0. The first-order valence-corrected chi connectivity index (χ1v) is 9.03. The number of nitrogens with zero attached hydrogens (tertiary/aromatic N) is 2. The van der Waals surface area contributed by atoms with Crippen molar-refractivity contribution >= 4 is 18.2 Å². The second-order valence-corrected chi connectivity index (χ2v) is 6.59. The van der Waals surface area contributed by atoms with Crippen molar-refractivity contribution in [1.82, 2.24) is 10.3 Å². The largest absolute Gasteiger partial charge is 0.497 e. The van der Waals surface area contributed by atoms with Crippen LogP contribution >= 0.6 is 0 Å². The fraction of sp³-hybridized carbons (Fsp3) is 0.286. The van der Waals surface area contributed by atoms with Crippen LogP contribution < -0.4 is 24.3 Å². The lowest BCUT2D eigenvalue weighted by Crippen LogP contribution is -2.40. The summed E-state index contributed by atoms with van der Waals surface area (Å²) in [6.45, 7) is 1.63. The quantitative estimate of drug-likeness (QED) is 0.553. The number of benzene rings is 2. The molecule has 1 saturated heterocycles. The minimum atomic E-state index is -1.25. The first-order chi connectivity index (χ1) is 14.4. The second-order valence-electron chi connectivity index (χ2n) is 6.59. The third-order valence-electron chi connectivity index (χ3n) is 4.88. The van der Waals surface area contributed by atoms with E-state index in [9.17, 15) is 9.59 Å². The molecule has 0 unspecified atom stereocenters. The summed E-state index contributed by atoms with van der Waals surface area (Å²) in [6.07, 6.45) is 1.36. The molecule has 30 heavy (non-hydrogen) atoms. The minimum Gasteiger partial charge on any atom is -0.497 e. The molecule has 2 aromatic rings. The maximum Gasteiger partial charge on any atom is 0.346 e. The topological polar surface area (TPSA) is 98.7 Å². The van der Waals surface area contributed by atoms with Gasteiger partial charge in [0.1, 0.15) is 17.0 Å². The van der Waals surface area contributed by atoms with Gasteiger partial charge in [-0.2, -0.15) is 5.10 Å². The van der Waals surface area contributed by atoms with Crippen molar-refractivity contribution in [3.63, 3.8) is 0 Å². The number of methoxy groups -OCH3 is 4. The molecule has 9 heteroatoms. The van der Waals surface area contributed by atoms with Crippen LogP contribution in [0.2, 0.25) is 0 Å². The smallest absolute Gasteiger partial charge is 0.346 e. The molecule has 0 bridgehead atoms. The number of hydrazone groups is 1. The molecule has 1 N–H and O–H groups in total. The number of hydrogen-bond acceptors (Lipinski definition) is 7. The molecule has 1 aliphatic heterocycles. The van der Waals surface area contributed by atoms with Gasteiger partial charge in [-0.1, -0.05) is 12.1 Å². The summed E-state index contributed by atoms with van der Waals surface area (Å²) in [4.78, 5) is 25.5. The van der Waals surface area contributed by atoms with E-state index in [4.69, 9.17) is 18.9 Å². The highest BCUT2D eigenvalue weighted by Crippen LogP contribution is 2.34. The summed E-state index contributed by atoms with van der Waals surface area (Å²) < 4.78 is 21.0. The van der Waals surface area contributed by atoms with Crippen LogP contribution in [0.25, 0.3) is 0 Å². The van der Waals surface area contributed by atoms with Gasteiger partial charge < -0.3 is 24.3 Å². The molecule has 3 amide bonds. The second kappa shape index (κ2) is 8.32. The Morgan fingerprint density at radius 2 is 1.50 bits per heavy atom. The van der Waals surface area contributed by atoms with E-state index in [0.29, 0.717) is 34.1 Å². The zero-order valence-electron chi connectivity index (χ0n) is 17.4. The average molecular weight is 413 g/mol. The lowest BCUT2D eigenvalue weighted by molar-refractivity contribution is -0.131. The van der Waals surface area contributed by atoms with E-state index in [0.717, 1.165) is 5.01 Å². The molecule has 1 fully saturated rings. The summed E-state index contributed by atoms with van der Waals surface area (Å²) in [5, 5.41) is 7.58. The van der Waals surface area contributed by atoms with Crippen LogP contribution in [-0.2, 0) is 10.3 Å². The van der Waals surface area contributed by atoms with Gasteiger partial charge in [-0.15, -0.1) is 5.01 Å². The molecule has 0 spiro atoms. The third kappa shape index (κ3) is 3.61. The Hall–Kier alpha value is -3.75. The van der Waals surface area contributed by atoms with Gasteiger partial charge in [-0.3, -0.25) is 4.79 Å². The molecule has 158 valence electrons. The van der Waals surface area contributed by atoms with E-state index in [1.807, 2.05) is 0 Å². The standard InChI is InChI=1S/C21H23N3O6/c1-21(14-6-8-15(27-2)9-7-14)19(25)24(20(26)23-21)22-12-13-10-17(29-4)18(30-5)11-16(13)28-3/h6-12H,1-5H3,(H,23,26)/b22-12-/t21-/m1/s1. The molecular weight excluding hydrogens is 390 g/mol. The molecule has 1 heterocycles. The molecule has 0 aromatic heterocycles. The van der Waals surface area contributed by atoms with Crippen molar-refractivity contribution < 1.29 is 28.5 Å². The van der Waals surface area contributed by atoms with Crippen molar-refractivity contribution in [2.45, 2.75) is 12.5 Å². The van der Waals surface area contributed by atoms with Gasteiger partial charge in [0.25, 0.3) is 5.91 Å². The number of imide groups is 1. The van der Waals surface area contributed by atoms with Gasteiger partial charge in [-0.25, -0.2) is 4.79 Å². The monoisotopic (exact) mass is 413 g/mol. The highest BCUT2D eigenvalue weighted by Gasteiger charge is 2.49. The van der Waals surface area contributed by atoms with E-state index in [-0.39, 0.29) is 0 Å². The fourth-order valence-electron chi connectivity index (χ4n) is 3.12. The molecule has 1 aliphatic rings. The minimum absolute atomic E-state index is 0.446. The maximum atomic E-state index is 13.0. The average Bonchev–Trinajstić information content (AvgIpc) is 3.00. The van der Waals surface area contributed by atoms with Crippen molar-refractivity contribution in [2.75, 3.05) is 28.4 Å². The molecule has 9 nitrogen and oxygen atoms in total. The third-order valence-corrected chi connectivity index (χ3v) is 4.88. The number of ether oxygens (including phenoxy) is 4. The Morgan fingerprint density at radius 1 is 0.900 bits per heavy atom. The van der Waals surface area contributed by atoms with E-state index in [2.05, 4.69) is 10.4 Å². The van der Waals surface area contributed by atoms with Crippen LogP contribution in [0.3, 0.4) is 0 Å². The van der Waals surface area contributed by atoms with Crippen molar-refractivity contribution in [3.8, 4) is 23.0 Å². The SMILES string of the molecule is COc1ccc([C@@]2(C)NC(=O)N(/N=C\c3cc(OC)c(OC)cc3OC)C2=O)cc1. The van der Waals surface area contributed by atoms with Crippen LogP contribution in [0.1, 0.15) is 18.1 Å². The number of rotatable bonds is 7. The predicted molar refractivity (Wildman–Crippen MR) is 109 cm³/mol. The van der Waals surface area contributed by atoms with Crippen molar-refractivity contribution in [3.05, 3.63) is 47.5 Å². The lowest BCUT2D eigenvalue weighted by atomic mass is 9.92. The van der Waals surface area contributed by atoms with E-state index in [1.54, 1.807) is 50.4 Å². The zero-order chi connectivity index (χ0) is 21.9. The van der Waals surface area contributed by atoms with E-state index >= 15 is 0 Å². The Balaban J connectivity index is 1.91. The van der Waals surface area contributed by atoms with Gasteiger partial charge in [0.05, 0.1) is 34.7 Å². The summed E-state index contributed by atoms with van der Waals surface area (Å²) in [7, 11) is 6.06. The summed E-state index contributed by atoms with van der Waals surface area (Å²) >= 11 is 0. The Bertz CT molecular complexity index is 989. The highest BCUT2D eigenvalue weighted by molar-refractivity contribution is 6.07.